The summed E-state index contributed by atoms with van der Waals surface area (Å²) in [6.45, 7) is 6.93. The topological polar surface area (TPSA) is 59.2 Å². The van der Waals surface area contributed by atoms with Crippen LogP contribution in [0.2, 0.25) is 0 Å². The molecule has 1 unspecified atom stereocenters. The fraction of sp³-hybridized carbons (Fsp3) is 0.318. The summed E-state index contributed by atoms with van der Waals surface area (Å²) in [6.07, 6.45) is 0.294. The Morgan fingerprint density at radius 2 is 1.75 bits per heavy atom. The minimum atomic E-state index is -0.328. The van der Waals surface area contributed by atoms with E-state index in [0.717, 1.165) is 5.56 Å². The first kappa shape index (κ1) is 18.3. The average molecular weight is 379 g/mol. The molecule has 6 heteroatoms. The van der Waals surface area contributed by atoms with Gasteiger partial charge < -0.3 is 9.42 Å². The van der Waals surface area contributed by atoms with Crippen molar-refractivity contribution < 1.29 is 13.7 Å². The van der Waals surface area contributed by atoms with Crippen molar-refractivity contribution in [3.63, 3.8) is 0 Å². The van der Waals surface area contributed by atoms with E-state index >= 15 is 0 Å². The number of anilines is 1. The van der Waals surface area contributed by atoms with Gasteiger partial charge in [-0.05, 0) is 35.2 Å². The summed E-state index contributed by atoms with van der Waals surface area (Å²) in [5, 5.41) is 4.09. The summed E-state index contributed by atoms with van der Waals surface area (Å²) in [6, 6.07) is 14.0. The van der Waals surface area contributed by atoms with Crippen molar-refractivity contribution in [3.05, 3.63) is 65.8 Å². The lowest BCUT2D eigenvalue weighted by Crippen LogP contribution is -2.24. The van der Waals surface area contributed by atoms with Gasteiger partial charge in [0.15, 0.2) is 0 Å². The predicted octanol–water partition coefficient (Wildman–Crippen LogP) is 4.69. The van der Waals surface area contributed by atoms with Crippen LogP contribution in [0.15, 0.2) is 53.1 Å². The first-order valence-corrected chi connectivity index (χ1v) is 9.32. The lowest BCUT2D eigenvalue weighted by Gasteiger charge is -2.18. The van der Waals surface area contributed by atoms with Gasteiger partial charge in [-0.1, -0.05) is 50.2 Å². The number of rotatable bonds is 3. The molecule has 0 N–H and O–H groups in total. The van der Waals surface area contributed by atoms with Crippen LogP contribution in [0.3, 0.4) is 0 Å². The summed E-state index contributed by atoms with van der Waals surface area (Å²) in [5.74, 6) is 0.431. The van der Waals surface area contributed by atoms with E-state index in [-0.39, 0.29) is 23.1 Å². The van der Waals surface area contributed by atoms with Crippen LogP contribution in [-0.2, 0) is 10.2 Å². The summed E-state index contributed by atoms with van der Waals surface area (Å²) in [7, 11) is 0. The van der Waals surface area contributed by atoms with Gasteiger partial charge in [-0.2, -0.15) is 4.98 Å². The van der Waals surface area contributed by atoms with E-state index in [0.29, 0.717) is 30.4 Å². The Balaban J connectivity index is 1.52. The van der Waals surface area contributed by atoms with Gasteiger partial charge in [-0.25, -0.2) is 4.39 Å². The molecule has 2 aromatic carbocycles. The zero-order valence-corrected chi connectivity index (χ0v) is 16.1. The molecule has 1 fully saturated rings. The Kier molecular flexibility index (Phi) is 4.49. The van der Waals surface area contributed by atoms with Crippen molar-refractivity contribution in [3.8, 4) is 11.4 Å². The highest BCUT2D eigenvalue weighted by atomic mass is 19.1. The summed E-state index contributed by atoms with van der Waals surface area (Å²) in [4.78, 5) is 18.5. The van der Waals surface area contributed by atoms with Crippen LogP contribution in [0.5, 0.6) is 0 Å². The molecule has 28 heavy (non-hydrogen) atoms. The maximum Gasteiger partial charge on any atom is 0.232 e. The number of carbonyl (C=O) groups is 1. The maximum atomic E-state index is 13.1. The third-order valence-corrected chi connectivity index (χ3v) is 5.06. The molecule has 1 atom stereocenters. The number of halogens is 1. The molecule has 1 amide bonds. The Morgan fingerprint density at radius 3 is 2.39 bits per heavy atom. The Labute approximate surface area is 163 Å². The molecule has 3 aromatic rings. The molecule has 2 heterocycles. The highest BCUT2D eigenvalue weighted by Gasteiger charge is 2.35. The monoisotopic (exact) mass is 379 g/mol. The Morgan fingerprint density at radius 1 is 1.07 bits per heavy atom. The minimum Gasteiger partial charge on any atom is -0.339 e. The van der Waals surface area contributed by atoms with Crippen LogP contribution in [0.25, 0.3) is 11.4 Å². The number of amides is 1. The van der Waals surface area contributed by atoms with Crippen molar-refractivity contribution in [2.24, 2.45) is 0 Å². The lowest BCUT2D eigenvalue weighted by atomic mass is 9.87. The molecule has 0 saturated carbocycles. The number of hydrogen-bond donors (Lipinski definition) is 0. The smallest absolute Gasteiger partial charge is 0.232 e. The van der Waals surface area contributed by atoms with E-state index in [1.165, 1.54) is 17.7 Å². The van der Waals surface area contributed by atoms with Gasteiger partial charge in [0.25, 0.3) is 0 Å². The van der Waals surface area contributed by atoms with Gasteiger partial charge in [-0.3, -0.25) is 4.79 Å². The molecular formula is C22H22FN3O2. The molecule has 0 bridgehead atoms. The normalized spacial score (nSPS) is 17.4. The van der Waals surface area contributed by atoms with Crippen molar-refractivity contribution in [1.82, 2.24) is 10.1 Å². The van der Waals surface area contributed by atoms with Crippen molar-refractivity contribution in [2.45, 2.75) is 38.5 Å². The highest BCUT2D eigenvalue weighted by molar-refractivity contribution is 5.96. The zero-order chi connectivity index (χ0) is 19.9. The van der Waals surface area contributed by atoms with Crippen LogP contribution >= 0.6 is 0 Å². The second kappa shape index (κ2) is 6.86. The van der Waals surface area contributed by atoms with E-state index in [2.05, 4.69) is 43.0 Å². The average Bonchev–Trinajstić information content (AvgIpc) is 3.29. The van der Waals surface area contributed by atoms with Gasteiger partial charge in [0.05, 0.1) is 5.92 Å². The number of aromatic nitrogens is 2. The zero-order valence-electron chi connectivity index (χ0n) is 16.1. The molecule has 1 aromatic heterocycles. The van der Waals surface area contributed by atoms with E-state index in [9.17, 15) is 9.18 Å². The van der Waals surface area contributed by atoms with E-state index < -0.39 is 0 Å². The van der Waals surface area contributed by atoms with Crippen molar-refractivity contribution >= 4 is 11.6 Å². The molecule has 1 saturated heterocycles. The number of carbonyl (C=O) groups excluding carboxylic acids is 1. The van der Waals surface area contributed by atoms with Gasteiger partial charge in [0, 0.05) is 24.2 Å². The summed E-state index contributed by atoms with van der Waals surface area (Å²) >= 11 is 0. The standard InChI is InChI=1S/C22H22FN3O2/c1-22(2,3)16-6-4-14(5-7-16)20-24-21(28-25-20)15-12-19(27)26(13-15)18-10-8-17(23)9-11-18/h4-11,15H,12-13H2,1-3H3. The minimum absolute atomic E-state index is 0.0362. The quantitative estimate of drug-likeness (QED) is 0.662. The van der Waals surface area contributed by atoms with Crippen LogP contribution in [-0.4, -0.2) is 22.6 Å². The van der Waals surface area contributed by atoms with Crippen LogP contribution < -0.4 is 4.90 Å². The Bertz CT molecular complexity index is 988. The van der Waals surface area contributed by atoms with Gasteiger partial charge in [0.1, 0.15) is 5.82 Å². The van der Waals surface area contributed by atoms with Crippen LogP contribution in [0.1, 0.15) is 44.6 Å². The molecule has 0 spiro atoms. The molecule has 1 aliphatic heterocycles. The maximum absolute atomic E-state index is 13.1. The second-order valence-corrected chi connectivity index (χ2v) is 8.17. The third kappa shape index (κ3) is 3.54. The molecule has 5 nitrogen and oxygen atoms in total. The fourth-order valence-electron chi connectivity index (χ4n) is 3.38. The number of hydrogen-bond acceptors (Lipinski definition) is 4. The summed E-state index contributed by atoms with van der Waals surface area (Å²) < 4.78 is 18.6. The molecule has 0 aliphatic carbocycles. The second-order valence-electron chi connectivity index (χ2n) is 8.17. The highest BCUT2D eigenvalue weighted by Crippen LogP contribution is 2.32. The first-order chi connectivity index (χ1) is 13.3. The van der Waals surface area contributed by atoms with E-state index in [1.54, 1.807) is 17.0 Å². The molecular weight excluding hydrogens is 357 g/mol. The van der Waals surface area contributed by atoms with Gasteiger partial charge in [0.2, 0.25) is 17.6 Å². The SMILES string of the molecule is CC(C)(C)c1ccc(-c2noc(C3CC(=O)N(c4ccc(F)cc4)C3)n2)cc1. The van der Waals surface area contributed by atoms with Crippen molar-refractivity contribution in [1.29, 1.82) is 0 Å². The van der Waals surface area contributed by atoms with Crippen LogP contribution in [0.4, 0.5) is 10.1 Å². The predicted molar refractivity (Wildman–Crippen MR) is 105 cm³/mol. The fourth-order valence-corrected chi connectivity index (χ4v) is 3.38. The van der Waals surface area contributed by atoms with Crippen molar-refractivity contribution in [2.75, 3.05) is 11.4 Å². The first-order valence-electron chi connectivity index (χ1n) is 9.32. The largest absolute Gasteiger partial charge is 0.339 e. The summed E-state index contributed by atoms with van der Waals surface area (Å²) in [5.41, 5.74) is 2.86. The molecule has 144 valence electrons. The molecule has 1 aliphatic rings. The number of nitrogens with zero attached hydrogens (tertiary/aromatic N) is 3. The number of benzene rings is 2. The lowest BCUT2D eigenvalue weighted by molar-refractivity contribution is -0.117. The molecule has 0 radical (unpaired) electrons. The van der Waals surface area contributed by atoms with Crippen LogP contribution in [0, 0.1) is 5.82 Å². The molecule has 4 rings (SSSR count). The Hall–Kier alpha value is -3.02. The van der Waals surface area contributed by atoms with E-state index in [4.69, 9.17) is 4.52 Å². The van der Waals surface area contributed by atoms with E-state index in [1.807, 2.05) is 12.1 Å². The third-order valence-electron chi connectivity index (χ3n) is 5.06. The van der Waals surface area contributed by atoms with Gasteiger partial charge >= 0.3 is 0 Å². The van der Waals surface area contributed by atoms with Gasteiger partial charge in [-0.15, -0.1) is 0 Å².